The monoisotopic (exact) mass is 386 g/mol. The summed E-state index contributed by atoms with van der Waals surface area (Å²) in [4.78, 5) is 20.2. The van der Waals surface area contributed by atoms with Crippen LogP contribution in [0, 0.1) is 11.8 Å². The molecule has 4 rings (SSSR count). The molecular formula is C22H34N4O2. The van der Waals surface area contributed by atoms with Gasteiger partial charge in [-0.15, -0.1) is 0 Å². The number of likely N-dealkylation sites (tertiary alicyclic amines) is 1. The smallest absolute Gasteiger partial charge is 0.224 e. The number of hydrogen-bond acceptors (Lipinski definition) is 5. The third kappa shape index (κ3) is 5.46. The molecule has 0 spiro atoms. The van der Waals surface area contributed by atoms with Crippen LogP contribution in [-0.2, 0) is 11.3 Å². The molecule has 6 nitrogen and oxygen atoms in total. The molecule has 3 fully saturated rings. The number of likely N-dealkylation sites (N-methyl/N-ethyl adjacent to an activating group) is 1. The second-order valence-corrected chi connectivity index (χ2v) is 9.05. The molecule has 0 unspecified atom stereocenters. The second kappa shape index (κ2) is 8.80. The highest BCUT2D eigenvalue weighted by Crippen LogP contribution is 2.27. The first kappa shape index (κ1) is 19.7. The number of piperidine rings is 1. The molecule has 1 saturated carbocycles. The minimum absolute atomic E-state index is 0.0870. The molecule has 2 aliphatic heterocycles. The zero-order chi connectivity index (χ0) is 19.5. The summed E-state index contributed by atoms with van der Waals surface area (Å²) in [6, 6.07) is 7.89. The van der Waals surface area contributed by atoms with Crippen LogP contribution in [0.4, 0.5) is 0 Å². The van der Waals surface area contributed by atoms with E-state index in [0.717, 1.165) is 71.6 Å². The highest BCUT2D eigenvalue weighted by molar-refractivity contribution is 5.79. The summed E-state index contributed by atoms with van der Waals surface area (Å²) in [6.45, 7) is 8.33. The lowest BCUT2D eigenvalue weighted by Crippen LogP contribution is -2.51. The molecule has 0 aromatic heterocycles. The fourth-order valence-electron chi connectivity index (χ4n) is 4.56. The number of amides is 1. The Morgan fingerprint density at radius 1 is 1.07 bits per heavy atom. The van der Waals surface area contributed by atoms with Gasteiger partial charge in [-0.3, -0.25) is 9.69 Å². The molecule has 3 aliphatic rings. The zero-order valence-electron chi connectivity index (χ0n) is 17.0. The predicted octanol–water partition coefficient (Wildman–Crippen LogP) is 1.36. The van der Waals surface area contributed by atoms with Crippen LogP contribution in [0.1, 0.15) is 24.8 Å². The number of benzene rings is 1. The third-order valence-corrected chi connectivity index (χ3v) is 6.36. The van der Waals surface area contributed by atoms with Gasteiger partial charge in [0.25, 0.3) is 0 Å². The first-order chi connectivity index (χ1) is 13.5. The molecule has 2 atom stereocenters. The Bertz CT molecular complexity index is 653. The predicted molar refractivity (Wildman–Crippen MR) is 110 cm³/mol. The number of nitrogens with one attached hydrogen (secondary N) is 1. The van der Waals surface area contributed by atoms with Gasteiger partial charge in [0.15, 0.2) is 0 Å². The lowest BCUT2D eigenvalue weighted by Gasteiger charge is -2.41. The Labute approximate surface area is 168 Å². The van der Waals surface area contributed by atoms with E-state index in [0.29, 0.717) is 17.7 Å². The molecular weight excluding hydrogens is 352 g/mol. The Morgan fingerprint density at radius 2 is 1.79 bits per heavy atom. The van der Waals surface area contributed by atoms with Crippen molar-refractivity contribution in [1.29, 1.82) is 0 Å². The van der Waals surface area contributed by atoms with E-state index in [4.69, 9.17) is 0 Å². The summed E-state index contributed by atoms with van der Waals surface area (Å²) in [7, 11) is 2.19. The number of nitrogens with zero attached hydrogens (tertiary/aromatic N) is 3. The van der Waals surface area contributed by atoms with Crippen molar-refractivity contribution in [1.82, 2.24) is 20.0 Å². The van der Waals surface area contributed by atoms with Gasteiger partial charge in [-0.05, 0) is 49.9 Å². The summed E-state index contributed by atoms with van der Waals surface area (Å²) in [5.41, 5.74) is 1.19. The summed E-state index contributed by atoms with van der Waals surface area (Å²) in [5.74, 6) is 1.17. The SMILES string of the molecule is CN1CCN(C[C@H]2C[C@@H](C(=O)NC3CC3)CN(Cc3ccc(O)cc3)C2)CC1. The standard InChI is InChI=1S/C22H34N4O2/c1-24-8-10-25(11-9-24)14-18-12-19(22(28)23-20-4-5-20)16-26(15-18)13-17-2-6-21(27)7-3-17/h2-3,6-7,18-20,27H,4-5,8-16H2,1H3,(H,23,28)/t18-,19-/m1/s1. The number of phenolic OH excluding ortho intramolecular Hbond substituents is 1. The van der Waals surface area contributed by atoms with Crippen molar-refractivity contribution in [3.05, 3.63) is 29.8 Å². The van der Waals surface area contributed by atoms with Gasteiger partial charge in [0.1, 0.15) is 5.75 Å². The normalized spacial score (nSPS) is 27.6. The summed E-state index contributed by atoms with van der Waals surface area (Å²) < 4.78 is 0. The van der Waals surface area contributed by atoms with Gasteiger partial charge in [0.2, 0.25) is 5.91 Å². The maximum Gasteiger partial charge on any atom is 0.224 e. The minimum atomic E-state index is 0.0870. The fraction of sp³-hybridized carbons (Fsp3) is 0.682. The number of aromatic hydroxyl groups is 1. The highest BCUT2D eigenvalue weighted by Gasteiger charge is 2.35. The molecule has 154 valence electrons. The molecule has 0 radical (unpaired) electrons. The van der Waals surface area contributed by atoms with Crippen LogP contribution in [0.5, 0.6) is 5.75 Å². The van der Waals surface area contributed by atoms with E-state index in [2.05, 4.69) is 27.1 Å². The Kier molecular flexibility index (Phi) is 6.19. The van der Waals surface area contributed by atoms with Gasteiger partial charge in [-0.25, -0.2) is 0 Å². The van der Waals surface area contributed by atoms with E-state index >= 15 is 0 Å². The van der Waals surface area contributed by atoms with Crippen molar-refractivity contribution in [2.24, 2.45) is 11.8 Å². The Hall–Kier alpha value is -1.63. The quantitative estimate of drug-likeness (QED) is 0.773. The van der Waals surface area contributed by atoms with Gasteiger partial charge in [-0.2, -0.15) is 0 Å². The molecule has 2 saturated heterocycles. The zero-order valence-corrected chi connectivity index (χ0v) is 17.0. The maximum absolute atomic E-state index is 12.8. The molecule has 1 aliphatic carbocycles. The van der Waals surface area contributed by atoms with Crippen LogP contribution in [0.2, 0.25) is 0 Å². The van der Waals surface area contributed by atoms with E-state index in [-0.39, 0.29) is 11.8 Å². The molecule has 2 heterocycles. The van der Waals surface area contributed by atoms with Crippen LogP contribution in [0.3, 0.4) is 0 Å². The van der Waals surface area contributed by atoms with Crippen molar-refractivity contribution in [3.8, 4) is 5.75 Å². The van der Waals surface area contributed by atoms with Gasteiger partial charge in [0.05, 0.1) is 5.92 Å². The lowest BCUT2D eigenvalue weighted by molar-refractivity contribution is -0.128. The molecule has 2 N–H and O–H groups in total. The van der Waals surface area contributed by atoms with Gasteiger partial charge in [0, 0.05) is 58.4 Å². The number of phenols is 1. The first-order valence-electron chi connectivity index (χ1n) is 10.8. The van der Waals surface area contributed by atoms with E-state index in [1.807, 2.05) is 12.1 Å². The lowest BCUT2D eigenvalue weighted by atomic mass is 9.87. The van der Waals surface area contributed by atoms with E-state index in [1.54, 1.807) is 12.1 Å². The van der Waals surface area contributed by atoms with Gasteiger partial charge in [-0.1, -0.05) is 12.1 Å². The molecule has 0 bridgehead atoms. The van der Waals surface area contributed by atoms with Crippen LogP contribution < -0.4 is 5.32 Å². The van der Waals surface area contributed by atoms with Crippen molar-refractivity contribution >= 4 is 5.91 Å². The fourth-order valence-corrected chi connectivity index (χ4v) is 4.56. The van der Waals surface area contributed by atoms with Gasteiger partial charge < -0.3 is 20.2 Å². The summed E-state index contributed by atoms with van der Waals surface area (Å²) >= 11 is 0. The Morgan fingerprint density at radius 3 is 2.46 bits per heavy atom. The van der Waals surface area contributed by atoms with Crippen molar-refractivity contribution in [3.63, 3.8) is 0 Å². The van der Waals surface area contributed by atoms with E-state index < -0.39 is 0 Å². The average Bonchev–Trinajstić information content (AvgIpc) is 3.49. The molecule has 1 aromatic rings. The summed E-state index contributed by atoms with van der Waals surface area (Å²) in [5, 5.41) is 12.8. The largest absolute Gasteiger partial charge is 0.508 e. The number of piperazine rings is 1. The number of hydrogen-bond donors (Lipinski definition) is 2. The molecule has 28 heavy (non-hydrogen) atoms. The Balaban J connectivity index is 1.39. The molecule has 6 heteroatoms. The molecule has 1 aromatic carbocycles. The number of rotatable bonds is 6. The van der Waals surface area contributed by atoms with Crippen LogP contribution in [0.25, 0.3) is 0 Å². The molecule has 1 amide bonds. The maximum atomic E-state index is 12.8. The van der Waals surface area contributed by atoms with E-state index in [9.17, 15) is 9.90 Å². The average molecular weight is 387 g/mol. The topological polar surface area (TPSA) is 59.0 Å². The van der Waals surface area contributed by atoms with Crippen molar-refractivity contribution < 1.29 is 9.90 Å². The highest BCUT2D eigenvalue weighted by atomic mass is 16.3. The van der Waals surface area contributed by atoms with Crippen molar-refractivity contribution in [2.75, 3.05) is 52.9 Å². The number of carbonyl (C=O) groups is 1. The van der Waals surface area contributed by atoms with E-state index in [1.165, 1.54) is 5.56 Å². The first-order valence-corrected chi connectivity index (χ1v) is 10.8. The van der Waals surface area contributed by atoms with Crippen LogP contribution in [-0.4, -0.2) is 84.6 Å². The minimum Gasteiger partial charge on any atom is -0.508 e. The van der Waals surface area contributed by atoms with Crippen LogP contribution in [0.15, 0.2) is 24.3 Å². The third-order valence-electron chi connectivity index (χ3n) is 6.36. The number of carbonyl (C=O) groups excluding carboxylic acids is 1. The van der Waals surface area contributed by atoms with Crippen LogP contribution >= 0.6 is 0 Å². The summed E-state index contributed by atoms with van der Waals surface area (Å²) in [6.07, 6.45) is 3.28. The second-order valence-electron chi connectivity index (χ2n) is 9.05. The van der Waals surface area contributed by atoms with Gasteiger partial charge >= 0.3 is 0 Å². The van der Waals surface area contributed by atoms with Crippen molar-refractivity contribution in [2.45, 2.75) is 31.8 Å².